The number of carbonyl (C=O) groups is 3. The molecule has 0 saturated heterocycles. The second-order valence-electron chi connectivity index (χ2n) is 2.72. The lowest BCUT2D eigenvalue weighted by Gasteiger charge is -1.99. The third-order valence-corrected chi connectivity index (χ3v) is 1.89. The summed E-state index contributed by atoms with van der Waals surface area (Å²) in [6.45, 7) is 0. The molecule has 0 aromatic heterocycles. The van der Waals surface area contributed by atoms with Gasteiger partial charge in [-0.05, 0) is 18.2 Å². The van der Waals surface area contributed by atoms with Gasteiger partial charge in [0.1, 0.15) is 5.75 Å². The van der Waals surface area contributed by atoms with E-state index in [1.54, 1.807) is 0 Å². The van der Waals surface area contributed by atoms with E-state index in [0.29, 0.717) is 0 Å². The lowest BCUT2D eigenvalue weighted by Crippen LogP contribution is -1.98. The van der Waals surface area contributed by atoms with Crippen LogP contribution < -0.4 is 4.74 Å². The van der Waals surface area contributed by atoms with E-state index in [-0.39, 0.29) is 16.9 Å². The number of halogens is 1. The molecular weight excluding hydrogens is 224 g/mol. The summed E-state index contributed by atoms with van der Waals surface area (Å²) in [5.41, 5.74) is -0.808. The van der Waals surface area contributed by atoms with E-state index >= 15 is 0 Å². The SMILES string of the molecule is O=C(Cl)Oc1ccc2c(c1)C(=O)OC2=O. The number of carbonyl (C=O) groups excluding carboxylic acids is 3. The van der Waals surface area contributed by atoms with Crippen LogP contribution in [0.5, 0.6) is 5.75 Å². The molecular formula is C9H3ClO5. The van der Waals surface area contributed by atoms with Gasteiger partial charge in [0.2, 0.25) is 0 Å². The van der Waals surface area contributed by atoms with Crippen molar-refractivity contribution < 1.29 is 23.9 Å². The van der Waals surface area contributed by atoms with Gasteiger partial charge < -0.3 is 9.47 Å². The van der Waals surface area contributed by atoms with Crippen molar-refractivity contribution in [1.29, 1.82) is 0 Å². The zero-order valence-electron chi connectivity index (χ0n) is 7.15. The number of ether oxygens (including phenoxy) is 2. The molecule has 6 heteroatoms. The molecule has 0 fully saturated rings. The molecule has 0 bridgehead atoms. The third-order valence-electron chi connectivity index (χ3n) is 1.81. The van der Waals surface area contributed by atoms with Gasteiger partial charge in [0.25, 0.3) is 0 Å². The zero-order valence-corrected chi connectivity index (χ0v) is 7.91. The third kappa shape index (κ3) is 1.69. The first kappa shape index (κ1) is 9.67. The maximum atomic E-state index is 11.1. The van der Waals surface area contributed by atoms with Crippen molar-refractivity contribution in [2.24, 2.45) is 0 Å². The molecule has 0 radical (unpaired) electrons. The van der Waals surface area contributed by atoms with Crippen molar-refractivity contribution in [2.45, 2.75) is 0 Å². The summed E-state index contributed by atoms with van der Waals surface area (Å²) in [4.78, 5) is 32.5. The van der Waals surface area contributed by atoms with Gasteiger partial charge in [0.05, 0.1) is 11.1 Å². The van der Waals surface area contributed by atoms with Crippen LogP contribution in [-0.4, -0.2) is 17.4 Å². The summed E-state index contributed by atoms with van der Waals surface area (Å²) in [7, 11) is 0. The Balaban J connectivity index is 2.42. The Labute approximate surface area is 88.5 Å². The normalized spacial score (nSPS) is 13.4. The lowest BCUT2D eigenvalue weighted by molar-refractivity contribution is 0.0443. The van der Waals surface area contributed by atoms with E-state index < -0.39 is 17.4 Å². The first-order chi connectivity index (χ1) is 7.08. The number of hydrogen-bond acceptors (Lipinski definition) is 5. The molecule has 76 valence electrons. The van der Waals surface area contributed by atoms with E-state index in [1.807, 2.05) is 0 Å². The summed E-state index contributed by atoms with van der Waals surface area (Å²) in [5, 5.41) is 0. The molecule has 0 N–H and O–H groups in total. The van der Waals surface area contributed by atoms with Gasteiger partial charge in [0, 0.05) is 11.6 Å². The fraction of sp³-hybridized carbons (Fsp3) is 0. The number of esters is 2. The molecule has 1 aliphatic rings. The van der Waals surface area contributed by atoms with Crippen molar-refractivity contribution in [2.75, 3.05) is 0 Å². The molecule has 1 aromatic carbocycles. The smallest absolute Gasteiger partial charge is 0.409 e. The summed E-state index contributed by atoms with van der Waals surface area (Å²) >= 11 is 4.98. The zero-order chi connectivity index (χ0) is 11.0. The van der Waals surface area contributed by atoms with Gasteiger partial charge in [-0.1, -0.05) is 0 Å². The van der Waals surface area contributed by atoms with E-state index in [0.717, 1.165) is 0 Å². The molecule has 0 atom stereocenters. The summed E-state index contributed by atoms with van der Waals surface area (Å²) in [6.07, 6.45) is 0. The van der Waals surface area contributed by atoms with Gasteiger partial charge >= 0.3 is 17.4 Å². The molecule has 0 saturated carbocycles. The van der Waals surface area contributed by atoms with Crippen LogP contribution in [0.2, 0.25) is 0 Å². The van der Waals surface area contributed by atoms with Crippen LogP contribution in [0.3, 0.4) is 0 Å². The summed E-state index contributed by atoms with van der Waals surface area (Å²) < 4.78 is 8.87. The minimum Gasteiger partial charge on any atom is -0.414 e. The standard InChI is InChI=1S/C9H3ClO5/c10-9(13)14-4-1-2-5-6(3-4)8(12)15-7(5)11/h1-3H. The minimum atomic E-state index is -1.02. The molecule has 1 aliphatic heterocycles. The van der Waals surface area contributed by atoms with Crippen molar-refractivity contribution in [3.8, 4) is 5.75 Å². The van der Waals surface area contributed by atoms with Gasteiger partial charge in [0.15, 0.2) is 0 Å². The van der Waals surface area contributed by atoms with E-state index in [1.165, 1.54) is 18.2 Å². The molecule has 1 aromatic rings. The summed E-state index contributed by atoms with van der Waals surface area (Å²) in [5.74, 6) is -1.39. The quantitative estimate of drug-likeness (QED) is 0.414. The number of hydrogen-bond donors (Lipinski definition) is 0. The molecule has 1 heterocycles. The second-order valence-corrected chi connectivity index (χ2v) is 3.03. The molecule has 0 unspecified atom stereocenters. The molecule has 0 spiro atoms. The minimum absolute atomic E-state index is 0.0652. The van der Waals surface area contributed by atoms with Crippen molar-refractivity contribution in [3.63, 3.8) is 0 Å². The molecule has 0 aliphatic carbocycles. The summed E-state index contributed by atoms with van der Waals surface area (Å²) in [6, 6.07) is 3.90. The Morgan fingerprint density at radius 1 is 1.20 bits per heavy atom. The molecule has 5 nitrogen and oxygen atoms in total. The van der Waals surface area contributed by atoms with Crippen LogP contribution >= 0.6 is 11.6 Å². The first-order valence-electron chi connectivity index (χ1n) is 3.86. The van der Waals surface area contributed by atoms with Gasteiger partial charge in [-0.25, -0.2) is 14.4 Å². The lowest BCUT2D eigenvalue weighted by atomic mass is 10.1. The number of cyclic esters (lactones) is 2. The van der Waals surface area contributed by atoms with Crippen molar-refractivity contribution in [3.05, 3.63) is 29.3 Å². The highest BCUT2D eigenvalue weighted by atomic mass is 35.5. The van der Waals surface area contributed by atoms with Crippen LogP contribution in [0, 0.1) is 0 Å². The average Bonchev–Trinajstić information content (AvgIpc) is 2.41. The van der Waals surface area contributed by atoms with Gasteiger partial charge in [-0.2, -0.15) is 0 Å². The Bertz CT molecular complexity index is 479. The highest BCUT2D eigenvalue weighted by molar-refractivity contribution is 6.61. The fourth-order valence-corrected chi connectivity index (χ4v) is 1.31. The van der Waals surface area contributed by atoms with Crippen LogP contribution in [-0.2, 0) is 4.74 Å². The number of fused-ring (bicyclic) bond motifs is 1. The van der Waals surface area contributed by atoms with Crippen LogP contribution in [0.15, 0.2) is 18.2 Å². The predicted molar refractivity (Wildman–Crippen MR) is 48.1 cm³/mol. The number of rotatable bonds is 1. The van der Waals surface area contributed by atoms with Crippen LogP contribution in [0.4, 0.5) is 4.79 Å². The van der Waals surface area contributed by atoms with Crippen LogP contribution in [0.1, 0.15) is 20.7 Å². The molecule has 15 heavy (non-hydrogen) atoms. The molecule has 2 rings (SSSR count). The highest BCUT2D eigenvalue weighted by Crippen LogP contribution is 2.24. The Morgan fingerprint density at radius 2 is 1.87 bits per heavy atom. The van der Waals surface area contributed by atoms with Crippen LogP contribution in [0.25, 0.3) is 0 Å². The Morgan fingerprint density at radius 3 is 2.53 bits per heavy atom. The van der Waals surface area contributed by atoms with E-state index in [2.05, 4.69) is 9.47 Å². The van der Waals surface area contributed by atoms with E-state index in [4.69, 9.17) is 11.6 Å². The van der Waals surface area contributed by atoms with Gasteiger partial charge in [-0.3, -0.25) is 0 Å². The average molecular weight is 227 g/mol. The first-order valence-corrected chi connectivity index (χ1v) is 4.23. The topological polar surface area (TPSA) is 69.7 Å². The van der Waals surface area contributed by atoms with Crippen molar-refractivity contribution >= 4 is 29.0 Å². The van der Waals surface area contributed by atoms with Crippen molar-refractivity contribution in [1.82, 2.24) is 0 Å². The maximum Gasteiger partial charge on any atom is 0.409 e. The Hall–Kier alpha value is -1.88. The maximum absolute atomic E-state index is 11.1. The fourth-order valence-electron chi connectivity index (χ4n) is 1.22. The van der Waals surface area contributed by atoms with E-state index in [9.17, 15) is 14.4 Å². The van der Waals surface area contributed by atoms with Gasteiger partial charge in [-0.15, -0.1) is 0 Å². The second kappa shape index (κ2) is 3.36. The highest BCUT2D eigenvalue weighted by Gasteiger charge is 2.29. The molecule has 0 amide bonds. The number of benzene rings is 1. The monoisotopic (exact) mass is 226 g/mol. The largest absolute Gasteiger partial charge is 0.414 e. The predicted octanol–water partition coefficient (Wildman–Crippen LogP) is 1.73. The Kier molecular flexibility index (Phi) is 2.17.